The van der Waals surface area contributed by atoms with Crippen molar-refractivity contribution >= 4 is 66.3 Å². The fourth-order valence-corrected chi connectivity index (χ4v) is 4.74. The predicted molar refractivity (Wildman–Crippen MR) is 90.6 cm³/mol. The molecule has 0 spiro atoms. The highest BCUT2D eigenvalue weighted by atomic mass is 35.5. The summed E-state index contributed by atoms with van der Waals surface area (Å²) in [5, 5.41) is 9.01. The summed E-state index contributed by atoms with van der Waals surface area (Å²) in [5.41, 5.74) is 0. The summed E-state index contributed by atoms with van der Waals surface area (Å²) in [4.78, 5) is 0. The maximum absolute atomic E-state index is 9.20. The topological polar surface area (TPSA) is 29.5 Å². The van der Waals surface area contributed by atoms with Gasteiger partial charge >= 0.3 is 0 Å². The normalized spacial score (nSPS) is 17.4. The van der Waals surface area contributed by atoms with Crippen molar-refractivity contribution in [3.05, 3.63) is 25.1 Å². The molecular formula is C12H15Cl5O2Si. The molecule has 1 aromatic rings. The summed E-state index contributed by atoms with van der Waals surface area (Å²) in [7, 11) is -1.09. The Morgan fingerprint density at radius 1 is 0.850 bits per heavy atom. The first-order valence-electron chi connectivity index (χ1n) is 6.01. The standard InChI is InChI=1S/C6HCl5O.C6H14OSi/c7-1-2(8)4(10)6(12)5(11)3(1)9;1-8(2)6-4-3-5-7-8/h12H;3-6H2,1-2H3. The summed E-state index contributed by atoms with van der Waals surface area (Å²) in [6.45, 7) is 5.62. The van der Waals surface area contributed by atoms with E-state index in [0.29, 0.717) is 0 Å². The molecule has 0 bridgehead atoms. The monoisotopic (exact) mass is 394 g/mol. The Hall–Kier alpha value is 0.647. The van der Waals surface area contributed by atoms with Gasteiger partial charge in [0.25, 0.3) is 0 Å². The third-order valence-corrected chi connectivity index (χ3v) is 7.65. The van der Waals surface area contributed by atoms with Crippen LogP contribution in [-0.4, -0.2) is 20.0 Å². The van der Waals surface area contributed by atoms with Crippen LogP contribution in [0.5, 0.6) is 5.75 Å². The zero-order valence-corrected chi connectivity index (χ0v) is 15.9. The van der Waals surface area contributed by atoms with Crippen LogP contribution in [0.1, 0.15) is 12.8 Å². The van der Waals surface area contributed by atoms with E-state index in [9.17, 15) is 5.11 Å². The molecule has 1 aliphatic heterocycles. The molecule has 2 rings (SSSR count). The third-order valence-electron chi connectivity index (χ3n) is 2.85. The summed E-state index contributed by atoms with van der Waals surface area (Å²) >= 11 is 27.9. The van der Waals surface area contributed by atoms with E-state index in [-0.39, 0.29) is 30.9 Å². The van der Waals surface area contributed by atoms with Gasteiger partial charge in [-0.1, -0.05) is 64.4 Å². The van der Waals surface area contributed by atoms with E-state index >= 15 is 0 Å². The second-order valence-corrected chi connectivity index (χ2v) is 11.2. The van der Waals surface area contributed by atoms with Crippen LogP contribution in [0.15, 0.2) is 0 Å². The van der Waals surface area contributed by atoms with Crippen molar-refractivity contribution in [2.24, 2.45) is 0 Å². The second-order valence-electron chi connectivity index (χ2n) is 4.98. The van der Waals surface area contributed by atoms with Crippen LogP contribution >= 0.6 is 58.0 Å². The lowest BCUT2D eigenvalue weighted by Crippen LogP contribution is -2.33. The Morgan fingerprint density at radius 3 is 1.60 bits per heavy atom. The Bertz CT molecular complexity index is 380. The van der Waals surface area contributed by atoms with Gasteiger partial charge in [-0.25, -0.2) is 0 Å². The molecule has 1 aromatic carbocycles. The molecular weight excluding hydrogens is 381 g/mol. The molecule has 0 aliphatic carbocycles. The number of rotatable bonds is 0. The zero-order valence-electron chi connectivity index (χ0n) is 11.1. The lowest BCUT2D eigenvalue weighted by Gasteiger charge is -2.27. The van der Waals surface area contributed by atoms with Crippen molar-refractivity contribution in [1.29, 1.82) is 0 Å². The molecule has 20 heavy (non-hydrogen) atoms. The minimum atomic E-state index is -1.09. The van der Waals surface area contributed by atoms with E-state index in [2.05, 4.69) is 13.1 Å². The van der Waals surface area contributed by atoms with E-state index in [1.807, 2.05) is 0 Å². The molecule has 114 valence electrons. The van der Waals surface area contributed by atoms with Gasteiger partial charge in [-0.05, 0) is 25.6 Å². The molecule has 0 amide bonds. The van der Waals surface area contributed by atoms with Gasteiger partial charge in [-0.2, -0.15) is 0 Å². The third kappa shape index (κ3) is 4.84. The number of aromatic hydroxyl groups is 1. The fourth-order valence-electron chi connectivity index (χ4n) is 1.67. The maximum atomic E-state index is 9.20. The molecule has 1 N–H and O–H groups in total. The molecule has 1 fully saturated rings. The first kappa shape index (κ1) is 18.7. The Morgan fingerprint density at radius 2 is 1.30 bits per heavy atom. The van der Waals surface area contributed by atoms with Crippen LogP contribution in [0.4, 0.5) is 0 Å². The maximum Gasteiger partial charge on any atom is 0.186 e. The minimum Gasteiger partial charge on any atom is -0.505 e. The summed E-state index contributed by atoms with van der Waals surface area (Å²) in [6.07, 6.45) is 2.69. The molecule has 1 saturated heterocycles. The highest BCUT2D eigenvalue weighted by molar-refractivity contribution is 6.71. The van der Waals surface area contributed by atoms with Crippen LogP contribution in [-0.2, 0) is 4.43 Å². The van der Waals surface area contributed by atoms with E-state index in [1.165, 1.54) is 18.9 Å². The quantitative estimate of drug-likeness (QED) is 0.302. The number of phenols is 1. The van der Waals surface area contributed by atoms with Crippen LogP contribution in [0.25, 0.3) is 0 Å². The van der Waals surface area contributed by atoms with Crippen molar-refractivity contribution in [2.75, 3.05) is 6.61 Å². The number of halogens is 5. The number of hydrogen-bond acceptors (Lipinski definition) is 2. The van der Waals surface area contributed by atoms with Gasteiger partial charge in [0.05, 0.1) is 15.1 Å². The SMILES string of the molecule is C[Si]1(C)CCCCO1.Oc1c(Cl)c(Cl)c(Cl)c(Cl)c1Cl. The van der Waals surface area contributed by atoms with E-state index in [4.69, 9.17) is 62.4 Å². The molecule has 0 radical (unpaired) electrons. The fraction of sp³-hybridized carbons (Fsp3) is 0.500. The van der Waals surface area contributed by atoms with Gasteiger partial charge in [0.15, 0.2) is 14.1 Å². The number of hydrogen-bond donors (Lipinski definition) is 1. The van der Waals surface area contributed by atoms with Gasteiger partial charge in [-0.3, -0.25) is 0 Å². The molecule has 1 heterocycles. The van der Waals surface area contributed by atoms with Crippen molar-refractivity contribution in [2.45, 2.75) is 32.0 Å². The molecule has 8 heteroatoms. The Balaban J connectivity index is 0.000000217. The largest absolute Gasteiger partial charge is 0.505 e. The first-order valence-corrected chi connectivity index (χ1v) is 11.0. The second kappa shape index (κ2) is 7.77. The van der Waals surface area contributed by atoms with Crippen molar-refractivity contribution in [3.8, 4) is 5.75 Å². The summed E-state index contributed by atoms with van der Waals surface area (Å²) in [5.74, 6) is -0.363. The summed E-state index contributed by atoms with van der Waals surface area (Å²) in [6, 6.07) is 1.37. The molecule has 0 atom stereocenters. The molecule has 0 unspecified atom stereocenters. The zero-order chi connectivity index (χ0) is 15.5. The van der Waals surface area contributed by atoms with Crippen LogP contribution in [0.2, 0.25) is 44.3 Å². The van der Waals surface area contributed by atoms with Crippen molar-refractivity contribution in [3.63, 3.8) is 0 Å². The van der Waals surface area contributed by atoms with Crippen LogP contribution in [0, 0.1) is 0 Å². The number of phenolic OH excluding ortho intramolecular Hbond substituents is 1. The van der Waals surface area contributed by atoms with Gasteiger partial charge in [0.2, 0.25) is 0 Å². The smallest absolute Gasteiger partial charge is 0.186 e. The first-order chi connectivity index (χ1) is 9.17. The lowest BCUT2D eigenvalue weighted by atomic mass is 10.3. The molecule has 2 nitrogen and oxygen atoms in total. The van der Waals surface area contributed by atoms with Crippen molar-refractivity contribution in [1.82, 2.24) is 0 Å². The van der Waals surface area contributed by atoms with Crippen LogP contribution in [0.3, 0.4) is 0 Å². The Labute approximate surface area is 145 Å². The summed E-state index contributed by atoms with van der Waals surface area (Å²) < 4.78 is 5.60. The lowest BCUT2D eigenvalue weighted by molar-refractivity contribution is 0.275. The highest BCUT2D eigenvalue weighted by Crippen LogP contribution is 2.47. The van der Waals surface area contributed by atoms with Crippen molar-refractivity contribution < 1.29 is 9.53 Å². The van der Waals surface area contributed by atoms with Gasteiger partial charge in [0, 0.05) is 6.61 Å². The predicted octanol–water partition coefficient (Wildman–Crippen LogP) is 6.66. The molecule has 0 aromatic heterocycles. The average molecular weight is 397 g/mol. The van der Waals surface area contributed by atoms with Gasteiger partial charge in [0.1, 0.15) is 10.0 Å². The van der Waals surface area contributed by atoms with Gasteiger partial charge in [-0.15, -0.1) is 0 Å². The highest BCUT2D eigenvalue weighted by Gasteiger charge is 2.24. The Kier molecular flexibility index (Phi) is 7.27. The molecule has 1 aliphatic rings. The van der Waals surface area contributed by atoms with Gasteiger partial charge < -0.3 is 9.53 Å². The average Bonchev–Trinajstić information content (AvgIpc) is 2.41. The van der Waals surface area contributed by atoms with E-state index < -0.39 is 8.32 Å². The van der Waals surface area contributed by atoms with E-state index in [1.54, 1.807) is 0 Å². The molecule has 0 saturated carbocycles. The minimum absolute atomic E-state index is 0.00904. The van der Waals surface area contributed by atoms with Crippen LogP contribution < -0.4 is 0 Å². The number of benzene rings is 1. The van der Waals surface area contributed by atoms with E-state index in [0.717, 1.165) is 6.61 Å².